The fourth-order valence-corrected chi connectivity index (χ4v) is 3.32. The summed E-state index contributed by atoms with van der Waals surface area (Å²) in [6, 6.07) is 13.9. The molecule has 2 atom stereocenters. The average Bonchev–Trinajstić information content (AvgIpc) is 2.60. The minimum Gasteiger partial charge on any atom is -0.478 e. The Balaban J connectivity index is 2.02. The fraction of sp³-hybridized carbons (Fsp3) is 0.300. The first-order chi connectivity index (χ1) is 12.0. The molecule has 1 heterocycles. The molecule has 0 saturated carbocycles. The molecule has 0 radical (unpaired) electrons. The van der Waals surface area contributed by atoms with Crippen molar-refractivity contribution in [3.63, 3.8) is 0 Å². The Morgan fingerprint density at radius 2 is 1.40 bits per heavy atom. The number of morpholine rings is 1. The molecule has 0 aliphatic carbocycles. The summed E-state index contributed by atoms with van der Waals surface area (Å²) < 4.78 is 5.70. The normalized spacial score (nSPS) is 20.3. The van der Waals surface area contributed by atoms with Crippen molar-refractivity contribution in [2.45, 2.75) is 26.1 Å². The standard InChI is InChI=1S/C20H21NO4/c1-13-11-21(12-14(2)25-13)19(22)17-9-5-3-7-15(17)16-8-4-6-10-18(16)20(23)24/h3-10,13-14H,11-12H2,1-2H3,(H,23,24)/t13-,14-/m0/s1. The lowest BCUT2D eigenvalue weighted by Gasteiger charge is -2.35. The molecule has 1 saturated heterocycles. The Labute approximate surface area is 146 Å². The Morgan fingerprint density at radius 1 is 0.920 bits per heavy atom. The predicted molar refractivity (Wildman–Crippen MR) is 94.7 cm³/mol. The fourth-order valence-electron chi connectivity index (χ4n) is 3.32. The van der Waals surface area contributed by atoms with Gasteiger partial charge in [0.25, 0.3) is 5.91 Å². The van der Waals surface area contributed by atoms with E-state index in [2.05, 4.69) is 0 Å². The second-order valence-corrected chi connectivity index (χ2v) is 6.36. The molecule has 0 aromatic heterocycles. The van der Waals surface area contributed by atoms with Crippen molar-refractivity contribution in [1.82, 2.24) is 4.90 Å². The lowest BCUT2D eigenvalue weighted by atomic mass is 9.94. The van der Waals surface area contributed by atoms with Gasteiger partial charge in [0.1, 0.15) is 0 Å². The van der Waals surface area contributed by atoms with Gasteiger partial charge in [-0.3, -0.25) is 4.79 Å². The van der Waals surface area contributed by atoms with E-state index in [-0.39, 0.29) is 23.7 Å². The highest BCUT2D eigenvalue weighted by Gasteiger charge is 2.28. The highest BCUT2D eigenvalue weighted by molar-refractivity contribution is 6.04. The molecule has 0 unspecified atom stereocenters. The number of ether oxygens (including phenoxy) is 1. The van der Waals surface area contributed by atoms with Crippen LogP contribution in [0.15, 0.2) is 48.5 Å². The summed E-state index contributed by atoms with van der Waals surface area (Å²) in [7, 11) is 0. The molecule has 25 heavy (non-hydrogen) atoms. The molecule has 3 rings (SSSR count). The van der Waals surface area contributed by atoms with Crippen molar-refractivity contribution in [2.24, 2.45) is 0 Å². The molecule has 1 amide bonds. The summed E-state index contributed by atoms with van der Waals surface area (Å²) in [6.07, 6.45) is -0.0441. The zero-order valence-corrected chi connectivity index (χ0v) is 14.3. The van der Waals surface area contributed by atoms with Gasteiger partial charge in [0, 0.05) is 18.7 Å². The summed E-state index contributed by atoms with van der Waals surface area (Å²) in [5, 5.41) is 9.46. The number of hydrogen-bond donors (Lipinski definition) is 1. The quantitative estimate of drug-likeness (QED) is 0.932. The van der Waals surface area contributed by atoms with E-state index in [1.54, 1.807) is 47.4 Å². The van der Waals surface area contributed by atoms with Crippen LogP contribution in [0.1, 0.15) is 34.6 Å². The molecule has 1 aliphatic heterocycles. The van der Waals surface area contributed by atoms with E-state index in [4.69, 9.17) is 4.74 Å². The minimum absolute atomic E-state index is 0.0221. The Morgan fingerprint density at radius 3 is 1.96 bits per heavy atom. The molecule has 1 aliphatic rings. The van der Waals surface area contributed by atoms with Crippen LogP contribution in [0, 0.1) is 0 Å². The van der Waals surface area contributed by atoms with Gasteiger partial charge in [-0.2, -0.15) is 0 Å². The monoisotopic (exact) mass is 339 g/mol. The average molecular weight is 339 g/mol. The van der Waals surface area contributed by atoms with Crippen LogP contribution < -0.4 is 0 Å². The number of benzene rings is 2. The smallest absolute Gasteiger partial charge is 0.336 e. The third-order valence-corrected chi connectivity index (χ3v) is 4.31. The van der Waals surface area contributed by atoms with Crippen LogP contribution in [-0.4, -0.2) is 47.2 Å². The van der Waals surface area contributed by atoms with Gasteiger partial charge in [0.05, 0.1) is 17.8 Å². The van der Waals surface area contributed by atoms with E-state index in [9.17, 15) is 14.7 Å². The molecule has 5 nitrogen and oxygen atoms in total. The van der Waals surface area contributed by atoms with Crippen molar-refractivity contribution in [1.29, 1.82) is 0 Å². The van der Waals surface area contributed by atoms with Gasteiger partial charge in [-0.25, -0.2) is 4.79 Å². The molecule has 130 valence electrons. The van der Waals surface area contributed by atoms with Crippen LogP contribution in [0.25, 0.3) is 11.1 Å². The van der Waals surface area contributed by atoms with Crippen LogP contribution in [0.3, 0.4) is 0 Å². The Bertz CT molecular complexity index is 792. The Kier molecular flexibility index (Phi) is 4.86. The highest BCUT2D eigenvalue weighted by Crippen LogP contribution is 2.29. The zero-order valence-electron chi connectivity index (χ0n) is 14.3. The first-order valence-corrected chi connectivity index (χ1v) is 8.34. The molecule has 1 fully saturated rings. The lowest BCUT2D eigenvalue weighted by molar-refractivity contribution is -0.0586. The number of carboxylic acid groups (broad SMARTS) is 1. The predicted octanol–water partition coefficient (Wildman–Crippen LogP) is 3.30. The van der Waals surface area contributed by atoms with Crippen molar-refractivity contribution >= 4 is 11.9 Å². The van der Waals surface area contributed by atoms with E-state index >= 15 is 0 Å². The van der Waals surface area contributed by atoms with E-state index in [0.29, 0.717) is 29.8 Å². The molecule has 0 spiro atoms. The second kappa shape index (κ2) is 7.07. The summed E-state index contributed by atoms with van der Waals surface area (Å²) >= 11 is 0. The van der Waals surface area contributed by atoms with Gasteiger partial charge in [-0.15, -0.1) is 0 Å². The molecule has 5 heteroatoms. The molecule has 2 aromatic carbocycles. The number of rotatable bonds is 3. The Hall–Kier alpha value is -2.66. The van der Waals surface area contributed by atoms with Crippen molar-refractivity contribution in [3.05, 3.63) is 59.7 Å². The van der Waals surface area contributed by atoms with Gasteiger partial charge in [0.15, 0.2) is 0 Å². The zero-order chi connectivity index (χ0) is 18.0. The highest BCUT2D eigenvalue weighted by atomic mass is 16.5. The molecular formula is C20H21NO4. The number of carboxylic acids is 1. The van der Waals surface area contributed by atoms with Crippen molar-refractivity contribution in [3.8, 4) is 11.1 Å². The van der Waals surface area contributed by atoms with Crippen molar-refractivity contribution < 1.29 is 19.4 Å². The largest absolute Gasteiger partial charge is 0.478 e. The lowest BCUT2D eigenvalue weighted by Crippen LogP contribution is -2.48. The molecular weight excluding hydrogens is 318 g/mol. The topological polar surface area (TPSA) is 66.8 Å². The minimum atomic E-state index is -1.01. The third-order valence-electron chi connectivity index (χ3n) is 4.31. The van der Waals surface area contributed by atoms with Crippen LogP contribution in [0.5, 0.6) is 0 Å². The molecule has 1 N–H and O–H groups in total. The van der Waals surface area contributed by atoms with Gasteiger partial charge in [-0.1, -0.05) is 36.4 Å². The summed E-state index contributed by atoms with van der Waals surface area (Å²) in [5.74, 6) is -1.11. The van der Waals surface area contributed by atoms with E-state index < -0.39 is 5.97 Å². The van der Waals surface area contributed by atoms with Crippen molar-refractivity contribution in [2.75, 3.05) is 13.1 Å². The number of amides is 1. The number of carbonyl (C=O) groups excluding carboxylic acids is 1. The van der Waals surface area contributed by atoms with E-state index in [1.165, 1.54) is 0 Å². The molecule has 0 bridgehead atoms. The van der Waals surface area contributed by atoms with Crippen LogP contribution in [-0.2, 0) is 4.74 Å². The van der Waals surface area contributed by atoms with Gasteiger partial charge < -0.3 is 14.7 Å². The summed E-state index contributed by atoms with van der Waals surface area (Å²) in [4.78, 5) is 26.4. The maximum atomic E-state index is 13.1. The van der Waals surface area contributed by atoms with Gasteiger partial charge in [-0.05, 0) is 37.1 Å². The van der Waals surface area contributed by atoms with Gasteiger partial charge >= 0.3 is 5.97 Å². The van der Waals surface area contributed by atoms with E-state index in [1.807, 2.05) is 19.9 Å². The number of carbonyl (C=O) groups is 2. The first kappa shape index (κ1) is 17.2. The maximum Gasteiger partial charge on any atom is 0.336 e. The molecule has 2 aromatic rings. The first-order valence-electron chi connectivity index (χ1n) is 8.34. The SMILES string of the molecule is C[C@H]1CN(C(=O)c2ccccc2-c2ccccc2C(=O)O)C[C@H](C)O1. The van der Waals surface area contributed by atoms with Crippen LogP contribution >= 0.6 is 0 Å². The van der Waals surface area contributed by atoms with E-state index in [0.717, 1.165) is 0 Å². The van der Waals surface area contributed by atoms with Crippen LogP contribution in [0.2, 0.25) is 0 Å². The third kappa shape index (κ3) is 3.56. The second-order valence-electron chi connectivity index (χ2n) is 6.36. The summed E-state index contributed by atoms with van der Waals surface area (Å²) in [6.45, 7) is 4.94. The summed E-state index contributed by atoms with van der Waals surface area (Å²) in [5.41, 5.74) is 1.88. The van der Waals surface area contributed by atoms with Crippen LogP contribution in [0.4, 0.5) is 0 Å². The van der Waals surface area contributed by atoms with Gasteiger partial charge in [0.2, 0.25) is 0 Å². The number of hydrogen-bond acceptors (Lipinski definition) is 3. The number of aromatic carboxylic acids is 1. The maximum absolute atomic E-state index is 13.1. The number of nitrogens with zero attached hydrogens (tertiary/aromatic N) is 1.